The van der Waals surface area contributed by atoms with Crippen molar-refractivity contribution in [1.29, 1.82) is 0 Å². The van der Waals surface area contributed by atoms with Gasteiger partial charge in [0.05, 0.1) is 6.04 Å². The van der Waals surface area contributed by atoms with E-state index in [1.165, 1.54) is 0 Å². The molecule has 7 nitrogen and oxygen atoms in total. The predicted octanol–water partition coefficient (Wildman–Crippen LogP) is -0.473. The Bertz CT molecular complexity index is 400. The molecule has 0 aromatic heterocycles. The first-order chi connectivity index (χ1) is 9.47. The zero-order valence-electron chi connectivity index (χ0n) is 12.0. The maximum Gasteiger partial charge on any atom is 0.321 e. The van der Waals surface area contributed by atoms with Crippen LogP contribution in [0.4, 0.5) is 4.79 Å². The molecule has 1 aliphatic heterocycles. The zero-order valence-corrected chi connectivity index (χ0v) is 12.0. The summed E-state index contributed by atoms with van der Waals surface area (Å²) in [7, 11) is 0. The van der Waals surface area contributed by atoms with Gasteiger partial charge < -0.3 is 10.2 Å². The van der Waals surface area contributed by atoms with Gasteiger partial charge in [-0.2, -0.15) is 0 Å². The van der Waals surface area contributed by atoms with Crippen LogP contribution in [0.5, 0.6) is 0 Å². The monoisotopic (exact) mass is 282 g/mol. The lowest BCUT2D eigenvalue weighted by Gasteiger charge is -2.36. The van der Waals surface area contributed by atoms with Crippen molar-refractivity contribution in [3.8, 4) is 0 Å². The summed E-state index contributed by atoms with van der Waals surface area (Å²) >= 11 is 0. The van der Waals surface area contributed by atoms with Crippen LogP contribution in [-0.2, 0) is 9.59 Å². The maximum absolute atomic E-state index is 12.0. The number of rotatable bonds is 3. The van der Waals surface area contributed by atoms with E-state index in [0.717, 1.165) is 12.8 Å². The fourth-order valence-corrected chi connectivity index (χ4v) is 2.26. The lowest BCUT2D eigenvalue weighted by molar-refractivity contribution is -0.132. The van der Waals surface area contributed by atoms with Crippen molar-refractivity contribution in [3.05, 3.63) is 0 Å². The average molecular weight is 282 g/mol. The third-order valence-electron chi connectivity index (χ3n) is 3.84. The molecule has 0 bridgehead atoms. The number of nitrogens with one attached hydrogen (secondary N) is 2. The Balaban J connectivity index is 1.75. The minimum absolute atomic E-state index is 0.0607. The smallest absolute Gasteiger partial charge is 0.321 e. The molecular formula is C13H22N4O3. The number of imide groups is 1. The highest BCUT2D eigenvalue weighted by Crippen LogP contribution is 2.18. The van der Waals surface area contributed by atoms with Crippen LogP contribution in [0.1, 0.15) is 26.7 Å². The van der Waals surface area contributed by atoms with Crippen molar-refractivity contribution in [2.24, 2.45) is 0 Å². The van der Waals surface area contributed by atoms with E-state index in [0.29, 0.717) is 26.2 Å². The zero-order chi connectivity index (χ0) is 14.7. The first-order valence-corrected chi connectivity index (χ1v) is 7.08. The summed E-state index contributed by atoms with van der Waals surface area (Å²) in [5.41, 5.74) is 0. The van der Waals surface area contributed by atoms with E-state index >= 15 is 0 Å². The third kappa shape index (κ3) is 3.93. The van der Waals surface area contributed by atoms with Crippen molar-refractivity contribution in [2.45, 2.75) is 38.8 Å². The van der Waals surface area contributed by atoms with Crippen molar-refractivity contribution in [3.63, 3.8) is 0 Å². The molecule has 7 heteroatoms. The fraction of sp³-hybridized carbons (Fsp3) is 0.769. The van der Waals surface area contributed by atoms with E-state index in [1.807, 2.05) is 4.90 Å². The van der Waals surface area contributed by atoms with Gasteiger partial charge in [-0.3, -0.25) is 19.8 Å². The van der Waals surface area contributed by atoms with Gasteiger partial charge >= 0.3 is 6.03 Å². The second kappa shape index (κ2) is 6.21. The Hall–Kier alpha value is -1.63. The van der Waals surface area contributed by atoms with Crippen LogP contribution in [-0.4, -0.2) is 65.9 Å². The predicted molar refractivity (Wildman–Crippen MR) is 73.0 cm³/mol. The topological polar surface area (TPSA) is 81.8 Å². The van der Waals surface area contributed by atoms with E-state index < -0.39 is 6.03 Å². The summed E-state index contributed by atoms with van der Waals surface area (Å²) in [6.45, 7) is 5.89. The molecule has 0 radical (unpaired) electrons. The summed E-state index contributed by atoms with van der Waals surface area (Å²) in [6.07, 6.45) is 1.98. The highest BCUT2D eigenvalue weighted by Gasteiger charge is 2.28. The second-order valence-corrected chi connectivity index (χ2v) is 5.45. The molecule has 112 valence electrons. The Morgan fingerprint density at radius 2 is 1.70 bits per heavy atom. The molecule has 0 aromatic carbocycles. The van der Waals surface area contributed by atoms with Gasteiger partial charge in [0.15, 0.2) is 0 Å². The standard InChI is InChI=1S/C13H22N4O3/c1-9(12(19)15-13(20)14-11-3-4-11)16-5-7-17(8-6-16)10(2)18/h9,11H,3-8H2,1-2H3,(H2,14,15,19,20). The molecule has 4 amide bonds. The summed E-state index contributed by atoms with van der Waals surface area (Å²) in [5.74, 6) is -0.231. The fourth-order valence-electron chi connectivity index (χ4n) is 2.26. The van der Waals surface area contributed by atoms with E-state index in [4.69, 9.17) is 0 Å². The minimum Gasteiger partial charge on any atom is -0.340 e. The third-order valence-corrected chi connectivity index (χ3v) is 3.84. The van der Waals surface area contributed by atoms with Gasteiger partial charge in [0.25, 0.3) is 0 Å². The summed E-state index contributed by atoms with van der Waals surface area (Å²) < 4.78 is 0. The Morgan fingerprint density at radius 1 is 1.10 bits per heavy atom. The van der Waals surface area contributed by atoms with Gasteiger partial charge in [-0.05, 0) is 19.8 Å². The van der Waals surface area contributed by atoms with Crippen LogP contribution in [0.3, 0.4) is 0 Å². The largest absolute Gasteiger partial charge is 0.340 e. The number of carbonyl (C=O) groups excluding carboxylic acids is 3. The highest BCUT2D eigenvalue weighted by molar-refractivity contribution is 5.97. The van der Waals surface area contributed by atoms with E-state index in [1.54, 1.807) is 18.7 Å². The SMILES string of the molecule is CC(=O)N1CCN(C(C)C(=O)NC(=O)NC2CC2)CC1. The number of nitrogens with zero attached hydrogens (tertiary/aromatic N) is 2. The van der Waals surface area contributed by atoms with Gasteiger partial charge in [-0.1, -0.05) is 0 Å². The van der Waals surface area contributed by atoms with Gasteiger partial charge in [0, 0.05) is 39.1 Å². The van der Waals surface area contributed by atoms with Crippen LogP contribution in [0, 0.1) is 0 Å². The normalized spacial score (nSPS) is 21.2. The molecule has 2 fully saturated rings. The van der Waals surface area contributed by atoms with E-state index in [2.05, 4.69) is 10.6 Å². The summed E-state index contributed by atoms with van der Waals surface area (Å²) in [6, 6.07) is -0.544. The highest BCUT2D eigenvalue weighted by atomic mass is 16.2. The molecule has 2 N–H and O–H groups in total. The van der Waals surface area contributed by atoms with Gasteiger partial charge in [-0.15, -0.1) is 0 Å². The molecular weight excluding hydrogens is 260 g/mol. The Kier molecular flexibility index (Phi) is 4.59. The van der Waals surface area contributed by atoms with Crippen molar-refractivity contribution < 1.29 is 14.4 Å². The second-order valence-electron chi connectivity index (χ2n) is 5.45. The molecule has 0 aromatic rings. The van der Waals surface area contributed by atoms with Crippen LogP contribution >= 0.6 is 0 Å². The lowest BCUT2D eigenvalue weighted by atomic mass is 10.2. The molecule has 1 heterocycles. The first-order valence-electron chi connectivity index (χ1n) is 7.08. The number of urea groups is 1. The van der Waals surface area contributed by atoms with Crippen molar-refractivity contribution >= 4 is 17.8 Å². The molecule has 20 heavy (non-hydrogen) atoms. The number of piperazine rings is 1. The molecule has 1 unspecified atom stereocenters. The number of amides is 4. The van der Waals surface area contributed by atoms with Crippen molar-refractivity contribution in [1.82, 2.24) is 20.4 Å². The summed E-state index contributed by atoms with van der Waals surface area (Å²) in [5, 5.41) is 5.09. The quantitative estimate of drug-likeness (QED) is 0.733. The van der Waals surface area contributed by atoms with Crippen molar-refractivity contribution in [2.75, 3.05) is 26.2 Å². The average Bonchev–Trinajstić information content (AvgIpc) is 3.21. The number of hydrogen-bond donors (Lipinski definition) is 2. The van der Waals surface area contributed by atoms with Gasteiger partial charge in [0.1, 0.15) is 0 Å². The van der Waals surface area contributed by atoms with Crippen LogP contribution < -0.4 is 10.6 Å². The number of hydrogen-bond acceptors (Lipinski definition) is 4. The Morgan fingerprint density at radius 3 is 2.20 bits per heavy atom. The molecule has 1 aliphatic carbocycles. The lowest BCUT2D eigenvalue weighted by Crippen LogP contribution is -2.56. The molecule has 1 atom stereocenters. The Labute approximate surface area is 118 Å². The molecule has 1 saturated carbocycles. The van der Waals surface area contributed by atoms with E-state index in [9.17, 15) is 14.4 Å². The summed E-state index contributed by atoms with van der Waals surface area (Å²) in [4.78, 5) is 38.5. The molecule has 0 spiro atoms. The molecule has 1 saturated heterocycles. The van der Waals surface area contributed by atoms with Crippen LogP contribution in [0.25, 0.3) is 0 Å². The van der Waals surface area contributed by atoms with Crippen LogP contribution in [0.2, 0.25) is 0 Å². The molecule has 2 rings (SSSR count). The van der Waals surface area contributed by atoms with Gasteiger partial charge in [0.2, 0.25) is 11.8 Å². The molecule has 2 aliphatic rings. The minimum atomic E-state index is -0.410. The van der Waals surface area contributed by atoms with E-state index in [-0.39, 0.29) is 23.9 Å². The first kappa shape index (κ1) is 14.8. The maximum atomic E-state index is 12.0. The van der Waals surface area contributed by atoms with Gasteiger partial charge in [-0.25, -0.2) is 4.79 Å². The van der Waals surface area contributed by atoms with Crippen LogP contribution in [0.15, 0.2) is 0 Å². The number of carbonyl (C=O) groups is 3.